The van der Waals surface area contributed by atoms with Gasteiger partial charge in [-0.1, -0.05) is 44.0 Å². The van der Waals surface area contributed by atoms with Gasteiger partial charge in [-0.25, -0.2) is 0 Å². The Morgan fingerprint density at radius 2 is 1.73 bits per heavy atom. The Morgan fingerprint density at radius 1 is 1.20 bits per heavy atom. The van der Waals surface area contributed by atoms with Crippen LogP contribution in [0, 0.1) is 0 Å². The van der Waals surface area contributed by atoms with Crippen LogP contribution in [-0.2, 0) is 5.41 Å². The highest BCUT2D eigenvalue weighted by molar-refractivity contribution is 7.78. The number of nitrogens with zero attached hydrogens (tertiary/aromatic N) is 1. The second kappa shape index (κ2) is 4.63. The van der Waals surface area contributed by atoms with Gasteiger partial charge in [-0.2, -0.15) is 4.99 Å². The number of halogens is 2. The molecule has 0 fully saturated rings. The van der Waals surface area contributed by atoms with Gasteiger partial charge in [-0.15, -0.1) is 0 Å². The van der Waals surface area contributed by atoms with E-state index in [1.807, 2.05) is 6.07 Å². The Bertz CT molecular complexity index is 429. The van der Waals surface area contributed by atoms with Crippen LogP contribution in [0.15, 0.2) is 17.1 Å². The Balaban J connectivity index is 3.48. The molecule has 0 bridgehead atoms. The summed E-state index contributed by atoms with van der Waals surface area (Å²) in [6, 6.07) is 3.54. The number of hydrogen-bond donors (Lipinski definition) is 0. The van der Waals surface area contributed by atoms with Crippen molar-refractivity contribution in [3.8, 4) is 0 Å². The summed E-state index contributed by atoms with van der Waals surface area (Å²) in [6.45, 7) is 6.24. The lowest BCUT2D eigenvalue weighted by atomic mass is 9.86. The third-order valence-electron chi connectivity index (χ3n) is 2.01. The van der Waals surface area contributed by atoms with Crippen LogP contribution in [0.4, 0.5) is 5.69 Å². The lowest BCUT2D eigenvalue weighted by Gasteiger charge is -2.21. The van der Waals surface area contributed by atoms with Crippen LogP contribution in [0.2, 0.25) is 10.0 Å². The molecular formula is C11H11Cl2NS. The zero-order chi connectivity index (χ0) is 11.6. The zero-order valence-electron chi connectivity index (χ0n) is 8.77. The highest BCUT2D eigenvalue weighted by atomic mass is 35.5. The highest BCUT2D eigenvalue weighted by Crippen LogP contribution is 2.37. The molecule has 0 amide bonds. The van der Waals surface area contributed by atoms with E-state index in [9.17, 15) is 0 Å². The number of benzene rings is 1. The number of rotatable bonds is 1. The van der Waals surface area contributed by atoms with Crippen LogP contribution in [0.25, 0.3) is 0 Å². The molecule has 1 nitrogen and oxygen atoms in total. The van der Waals surface area contributed by atoms with E-state index in [0.29, 0.717) is 10.0 Å². The van der Waals surface area contributed by atoms with Crippen molar-refractivity contribution in [1.29, 1.82) is 0 Å². The van der Waals surface area contributed by atoms with Gasteiger partial charge >= 0.3 is 0 Å². The fourth-order valence-corrected chi connectivity index (χ4v) is 1.70. The Hall–Kier alpha value is -0.400. The van der Waals surface area contributed by atoms with E-state index < -0.39 is 0 Å². The van der Waals surface area contributed by atoms with Gasteiger partial charge in [0.15, 0.2) is 0 Å². The summed E-state index contributed by atoms with van der Waals surface area (Å²) in [5.74, 6) is 0. The van der Waals surface area contributed by atoms with E-state index in [0.717, 1.165) is 11.3 Å². The minimum atomic E-state index is -0.0563. The minimum absolute atomic E-state index is 0.0563. The van der Waals surface area contributed by atoms with Crippen LogP contribution in [0.3, 0.4) is 0 Å². The fraction of sp³-hybridized carbons (Fsp3) is 0.364. The van der Waals surface area contributed by atoms with Crippen LogP contribution in [-0.4, -0.2) is 5.16 Å². The predicted octanol–water partition coefficient (Wildman–Crippen LogP) is 5.03. The fourth-order valence-electron chi connectivity index (χ4n) is 1.28. The van der Waals surface area contributed by atoms with Gasteiger partial charge in [0.2, 0.25) is 0 Å². The maximum Gasteiger partial charge on any atom is 0.0792 e. The first-order valence-electron chi connectivity index (χ1n) is 4.43. The van der Waals surface area contributed by atoms with Crippen LogP contribution in [0.5, 0.6) is 0 Å². The van der Waals surface area contributed by atoms with E-state index >= 15 is 0 Å². The number of isothiocyanates is 1. The van der Waals surface area contributed by atoms with Crippen molar-refractivity contribution < 1.29 is 0 Å². The van der Waals surface area contributed by atoms with Crippen LogP contribution >= 0.6 is 35.4 Å². The molecule has 0 aliphatic heterocycles. The molecule has 0 spiro atoms. The van der Waals surface area contributed by atoms with Crippen LogP contribution < -0.4 is 0 Å². The average Bonchev–Trinajstić information content (AvgIpc) is 2.09. The second-order valence-corrected chi connectivity index (χ2v) is 5.23. The molecule has 0 aliphatic rings. The molecule has 0 N–H and O–H groups in total. The van der Waals surface area contributed by atoms with E-state index in [1.54, 1.807) is 6.07 Å². The van der Waals surface area contributed by atoms with E-state index in [-0.39, 0.29) is 5.41 Å². The van der Waals surface area contributed by atoms with Gasteiger partial charge in [-0.3, -0.25) is 0 Å². The summed E-state index contributed by atoms with van der Waals surface area (Å²) >= 11 is 16.5. The monoisotopic (exact) mass is 259 g/mol. The maximum absolute atomic E-state index is 5.97. The van der Waals surface area contributed by atoms with Gasteiger partial charge in [0.1, 0.15) is 0 Å². The summed E-state index contributed by atoms with van der Waals surface area (Å²) in [5.41, 5.74) is 1.68. The first-order valence-corrected chi connectivity index (χ1v) is 5.60. The molecule has 0 unspecified atom stereocenters. The summed E-state index contributed by atoms with van der Waals surface area (Å²) in [5, 5.41) is 3.36. The molecule has 1 rings (SSSR count). The molecule has 1 aromatic carbocycles. The smallest absolute Gasteiger partial charge is 0.0792 e. The summed E-state index contributed by atoms with van der Waals surface area (Å²) < 4.78 is 0. The molecule has 0 radical (unpaired) electrons. The van der Waals surface area contributed by atoms with E-state index in [4.69, 9.17) is 23.2 Å². The third-order valence-corrected chi connectivity index (χ3v) is 2.83. The molecule has 4 heteroatoms. The largest absolute Gasteiger partial charge is 0.194 e. The molecule has 0 saturated carbocycles. The van der Waals surface area contributed by atoms with Crippen molar-refractivity contribution in [1.82, 2.24) is 0 Å². The van der Waals surface area contributed by atoms with Gasteiger partial charge in [-0.05, 0) is 35.3 Å². The van der Waals surface area contributed by atoms with Gasteiger partial charge < -0.3 is 0 Å². The zero-order valence-corrected chi connectivity index (χ0v) is 11.1. The van der Waals surface area contributed by atoms with Crippen molar-refractivity contribution in [2.24, 2.45) is 4.99 Å². The van der Waals surface area contributed by atoms with Crippen molar-refractivity contribution in [2.75, 3.05) is 0 Å². The molecule has 0 heterocycles. The third kappa shape index (κ3) is 3.02. The molecule has 15 heavy (non-hydrogen) atoms. The first kappa shape index (κ1) is 12.7. The average molecular weight is 260 g/mol. The normalized spacial score (nSPS) is 11.0. The molecule has 0 atom stereocenters. The topological polar surface area (TPSA) is 12.4 Å². The molecule has 0 aliphatic carbocycles. The Kier molecular flexibility index (Phi) is 3.91. The maximum atomic E-state index is 5.97. The quantitative estimate of drug-likeness (QED) is 0.509. The van der Waals surface area contributed by atoms with Crippen molar-refractivity contribution in [2.45, 2.75) is 26.2 Å². The molecular weight excluding hydrogens is 249 g/mol. The number of thiocarbonyl (C=S) groups is 1. The second-order valence-electron chi connectivity index (χ2n) is 4.24. The lowest BCUT2D eigenvalue weighted by molar-refractivity contribution is 0.591. The van der Waals surface area contributed by atoms with E-state index in [1.165, 1.54) is 0 Å². The van der Waals surface area contributed by atoms with Gasteiger partial charge in [0, 0.05) is 0 Å². The molecule has 1 aromatic rings. The Labute approximate surface area is 105 Å². The first-order chi connectivity index (χ1) is 6.86. The minimum Gasteiger partial charge on any atom is -0.194 e. The Morgan fingerprint density at radius 3 is 2.20 bits per heavy atom. The molecule has 0 aromatic heterocycles. The van der Waals surface area contributed by atoms with Crippen molar-refractivity contribution in [3.63, 3.8) is 0 Å². The van der Waals surface area contributed by atoms with Gasteiger partial charge in [0.05, 0.1) is 20.9 Å². The number of hydrogen-bond acceptors (Lipinski definition) is 2. The van der Waals surface area contributed by atoms with E-state index in [2.05, 4.69) is 43.1 Å². The number of aliphatic imine (C=N–C) groups is 1. The summed E-state index contributed by atoms with van der Waals surface area (Å²) in [6.07, 6.45) is 0. The highest BCUT2D eigenvalue weighted by Gasteiger charge is 2.19. The SMILES string of the molecule is CC(C)(C)c1cc(Cl)c(Cl)cc1N=C=S. The lowest BCUT2D eigenvalue weighted by Crippen LogP contribution is -2.11. The summed E-state index contributed by atoms with van der Waals surface area (Å²) in [7, 11) is 0. The van der Waals surface area contributed by atoms with Crippen LogP contribution in [0.1, 0.15) is 26.3 Å². The predicted molar refractivity (Wildman–Crippen MR) is 69.8 cm³/mol. The summed E-state index contributed by atoms with van der Waals surface area (Å²) in [4.78, 5) is 4.00. The van der Waals surface area contributed by atoms with Crippen molar-refractivity contribution in [3.05, 3.63) is 27.7 Å². The molecule has 0 saturated heterocycles. The van der Waals surface area contributed by atoms with Gasteiger partial charge in [0.25, 0.3) is 0 Å². The van der Waals surface area contributed by atoms with Crippen molar-refractivity contribution >= 4 is 46.3 Å². The standard InChI is InChI=1S/C11H11Cl2NS/c1-11(2,3)7-4-8(12)9(13)5-10(7)14-6-15/h4-5H,1-3H3. The molecule has 80 valence electrons.